The van der Waals surface area contributed by atoms with Crippen LogP contribution in [0.3, 0.4) is 0 Å². The average Bonchev–Trinajstić information content (AvgIpc) is 2.99. The van der Waals surface area contributed by atoms with E-state index in [0.29, 0.717) is 37.2 Å². The zero-order valence-corrected chi connectivity index (χ0v) is 28.8. The smallest absolute Gasteiger partial charge is 0.334 e. The number of ether oxygens (including phenoxy) is 2. The molecule has 0 atom stereocenters. The molecule has 4 nitrogen and oxygen atoms in total. The quantitative estimate of drug-likeness (QED) is 0.0443. The Bertz CT molecular complexity index is 639. The van der Waals surface area contributed by atoms with E-state index in [4.69, 9.17) is 9.47 Å². The van der Waals surface area contributed by atoms with Crippen molar-refractivity contribution in [3.8, 4) is 0 Å². The Morgan fingerprint density at radius 3 is 0.857 bits per heavy atom. The molecule has 0 aromatic rings. The fraction of sp³-hybridized carbons (Fsp3) is 0.895. The van der Waals surface area contributed by atoms with Crippen molar-refractivity contribution in [3.05, 3.63) is 11.1 Å². The predicted molar refractivity (Wildman–Crippen MR) is 181 cm³/mol. The summed E-state index contributed by atoms with van der Waals surface area (Å²) in [6, 6.07) is 0. The second kappa shape index (κ2) is 32.6. The van der Waals surface area contributed by atoms with Gasteiger partial charge in [0.1, 0.15) is 0 Å². The molecule has 0 aliphatic heterocycles. The lowest BCUT2D eigenvalue weighted by Crippen LogP contribution is -2.18. The first-order chi connectivity index (χ1) is 20.6. The van der Waals surface area contributed by atoms with Crippen molar-refractivity contribution in [1.82, 2.24) is 0 Å². The third-order valence-electron chi connectivity index (χ3n) is 8.38. The molecule has 248 valence electrons. The molecule has 0 N–H and O–H groups in total. The van der Waals surface area contributed by atoms with Crippen LogP contribution in [-0.2, 0) is 19.1 Å². The minimum Gasteiger partial charge on any atom is -0.462 e. The highest BCUT2D eigenvalue weighted by atomic mass is 16.5. The maximum absolute atomic E-state index is 13.4. The van der Waals surface area contributed by atoms with E-state index in [1.165, 1.54) is 116 Å². The largest absolute Gasteiger partial charge is 0.462 e. The molecule has 0 fully saturated rings. The lowest BCUT2D eigenvalue weighted by molar-refractivity contribution is -0.142. The third kappa shape index (κ3) is 25.2. The first-order valence-corrected chi connectivity index (χ1v) is 18.7. The van der Waals surface area contributed by atoms with Crippen LogP contribution in [0.1, 0.15) is 207 Å². The molecule has 4 heteroatoms. The molecule has 0 heterocycles. The standard InChI is InChI=1S/C38H72O4/c1-5-9-13-17-21-22-24-28-32-36(38(40)42-34-30-26-20-16-12-8-4)35(31-27-23-18-14-10-6-2)37(39)41-33-29-25-19-15-11-7-3/h5-34H2,1-4H3. The third-order valence-corrected chi connectivity index (χ3v) is 8.38. The summed E-state index contributed by atoms with van der Waals surface area (Å²) in [6.07, 6.45) is 31.7. The van der Waals surface area contributed by atoms with Crippen molar-refractivity contribution < 1.29 is 19.1 Å². The van der Waals surface area contributed by atoms with Gasteiger partial charge in [-0.3, -0.25) is 0 Å². The van der Waals surface area contributed by atoms with Gasteiger partial charge in [0.15, 0.2) is 0 Å². The highest BCUT2D eigenvalue weighted by Crippen LogP contribution is 2.24. The molecule has 0 rings (SSSR count). The van der Waals surface area contributed by atoms with Crippen LogP contribution in [0, 0.1) is 0 Å². The highest BCUT2D eigenvalue weighted by Gasteiger charge is 2.23. The SMILES string of the molecule is CCCCCCCCCCC(C(=O)OCCCCCCCC)=C(CCCCCCCC)C(=O)OCCCCCCCC. The molecule has 0 unspecified atom stereocenters. The van der Waals surface area contributed by atoms with Crippen LogP contribution < -0.4 is 0 Å². The predicted octanol–water partition coefficient (Wildman–Crippen LogP) is 12.4. The molecule has 0 radical (unpaired) electrons. The van der Waals surface area contributed by atoms with Crippen molar-refractivity contribution in [3.63, 3.8) is 0 Å². The monoisotopic (exact) mass is 593 g/mol. The molecule has 42 heavy (non-hydrogen) atoms. The second-order valence-electron chi connectivity index (χ2n) is 12.5. The lowest BCUT2D eigenvalue weighted by atomic mass is 9.96. The fourth-order valence-electron chi connectivity index (χ4n) is 5.54. The summed E-state index contributed by atoms with van der Waals surface area (Å²) in [5.41, 5.74) is 1.21. The van der Waals surface area contributed by atoms with Crippen molar-refractivity contribution >= 4 is 11.9 Å². The average molecular weight is 593 g/mol. The number of unbranched alkanes of at least 4 members (excludes halogenated alkanes) is 22. The number of hydrogen-bond donors (Lipinski definition) is 0. The molecular formula is C38H72O4. The molecule has 0 saturated heterocycles. The molecule has 0 aromatic carbocycles. The summed E-state index contributed by atoms with van der Waals surface area (Å²) >= 11 is 0. The summed E-state index contributed by atoms with van der Waals surface area (Å²) in [7, 11) is 0. The summed E-state index contributed by atoms with van der Waals surface area (Å²) in [5.74, 6) is -0.549. The van der Waals surface area contributed by atoms with Crippen LogP contribution in [0.4, 0.5) is 0 Å². The first-order valence-electron chi connectivity index (χ1n) is 18.7. The first kappa shape index (κ1) is 40.7. The van der Waals surface area contributed by atoms with E-state index in [1.54, 1.807) is 0 Å². The van der Waals surface area contributed by atoms with Crippen LogP contribution in [-0.4, -0.2) is 25.2 Å². The highest BCUT2D eigenvalue weighted by molar-refractivity contribution is 6.00. The number of carbonyl (C=O) groups is 2. The van der Waals surface area contributed by atoms with Gasteiger partial charge in [-0.2, -0.15) is 0 Å². The van der Waals surface area contributed by atoms with Crippen molar-refractivity contribution in [2.75, 3.05) is 13.2 Å². The summed E-state index contributed by atoms with van der Waals surface area (Å²) in [4.78, 5) is 26.8. The topological polar surface area (TPSA) is 52.6 Å². The minimum atomic E-state index is -0.275. The van der Waals surface area contributed by atoms with E-state index < -0.39 is 0 Å². The maximum atomic E-state index is 13.4. The van der Waals surface area contributed by atoms with Crippen molar-refractivity contribution in [1.29, 1.82) is 0 Å². The van der Waals surface area contributed by atoms with Gasteiger partial charge in [-0.1, -0.05) is 169 Å². The van der Waals surface area contributed by atoms with Gasteiger partial charge in [-0.25, -0.2) is 9.59 Å². The molecular weight excluding hydrogens is 520 g/mol. The second-order valence-corrected chi connectivity index (χ2v) is 12.5. The maximum Gasteiger partial charge on any atom is 0.334 e. The van der Waals surface area contributed by atoms with Crippen molar-refractivity contribution in [2.45, 2.75) is 207 Å². The molecule has 0 amide bonds. The molecule has 0 spiro atoms. The zero-order chi connectivity index (χ0) is 30.9. The molecule has 0 bridgehead atoms. The Morgan fingerprint density at radius 2 is 0.571 bits per heavy atom. The van der Waals surface area contributed by atoms with Crippen molar-refractivity contribution in [2.24, 2.45) is 0 Å². The van der Waals surface area contributed by atoms with Gasteiger partial charge < -0.3 is 9.47 Å². The zero-order valence-electron chi connectivity index (χ0n) is 28.8. The van der Waals surface area contributed by atoms with Crippen LogP contribution >= 0.6 is 0 Å². The number of carbonyl (C=O) groups excluding carboxylic acids is 2. The summed E-state index contributed by atoms with van der Waals surface area (Å²) < 4.78 is 11.6. The van der Waals surface area contributed by atoms with E-state index in [1.807, 2.05) is 0 Å². The number of rotatable bonds is 32. The molecule has 0 aliphatic carbocycles. The van der Waals surface area contributed by atoms with E-state index in [-0.39, 0.29) is 11.9 Å². The van der Waals surface area contributed by atoms with Gasteiger partial charge in [0.2, 0.25) is 0 Å². The van der Waals surface area contributed by atoms with Gasteiger partial charge in [0, 0.05) is 11.1 Å². The fourth-order valence-corrected chi connectivity index (χ4v) is 5.54. The van der Waals surface area contributed by atoms with Gasteiger partial charge in [-0.15, -0.1) is 0 Å². The van der Waals surface area contributed by atoms with Gasteiger partial charge in [0.25, 0.3) is 0 Å². The molecule has 0 saturated carbocycles. The molecule has 0 aliphatic rings. The Kier molecular flexibility index (Phi) is 31.6. The molecule has 0 aromatic heterocycles. The Balaban J connectivity index is 5.30. The van der Waals surface area contributed by atoms with E-state index in [0.717, 1.165) is 51.4 Å². The Morgan fingerprint density at radius 1 is 0.333 bits per heavy atom. The van der Waals surface area contributed by atoms with Crippen LogP contribution in [0.2, 0.25) is 0 Å². The summed E-state index contributed by atoms with van der Waals surface area (Å²) in [5, 5.41) is 0. The van der Waals surface area contributed by atoms with E-state index in [9.17, 15) is 9.59 Å². The minimum absolute atomic E-state index is 0.274. The summed E-state index contributed by atoms with van der Waals surface area (Å²) in [6.45, 7) is 9.83. The van der Waals surface area contributed by atoms with Gasteiger partial charge in [0.05, 0.1) is 13.2 Å². The Hall–Kier alpha value is -1.32. The normalized spacial score (nSPS) is 11.9. The number of hydrogen-bond acceptors (Lipinski definition) is 4. The van der Waals surface area contributed by atoms with E-state index in [2.05, 4.69) is 27.7 Å². The number of esters is 2. The van der Waals surface area contributed by atoms with E-state index >= 15 is 0 Å². The van der Waals surface area contributed by atoms with Gasteiger partial charge in [-0.05, 0) is 38.5 Å². The lowest BCUT2D eigenvalue weighted by Gasteiger charge is -2.15. The van der Waals surface area contributed by atoms with Crippen LogP contribution in [0.15, 0.2) is 11.1 Å². The van der Waals surface area contributed by atoms with Crippen LogP contribution in [0.25, 0.3) is 0 Å². The Labute approximate surface area is 262 Å². The van der Waals surface area contributed by atoms with Crippen LogP contribution in [0.5, 0.6) is 0 Å². The van der Waals surface area contributed by atoms with Gasteiger partial charge >= 0.3 is 11.9 Å².